The van der Waals surface area contributed by atoms with Gasteiger partial charge in [0.2, 0.25) is 0 Å². The number of carbonyl (C=O) groups excluding carboxylic acids is 1. The normalized spacial score (nSPS) is 15.4. The molecule has 0 fully saturated rings. The van der Waals surface area contributed by atoms with Crippen molar-refractivity contribution in [2.75, 3.05) is 5.73 Å². The number of cyclic esters (lactones) is 1. The Morgan fingerprint density at radius 1 is 1.00 bits per heavy atom. The number of esters is 1. The van der Waals surface area contributed by atoms with Gasteiger partial charge in [-0.25, -0.2) is 9.78 Å². The lowest BCUT2D eigenvalue weighted by molar-refractivity contribution is -0.157. The third-order valence-corrected chi connectivity index (χ3v) is 7.30. The van der Waals surface area contributed by atoms with Gasteiger partial charge >= 0.3 is 5.97 Å². The van der Waals surface area contributed by atoms with E-state index in [1.165, 1.54) is 0 Å². The predicted molar refractivity (Wildman–Crippen MR) is 147 cm³/mol. The molecule has 0 spiro atoms. The molecule has 0 amide bonds. The number of hydrogen-bond donors (Lipinski definition) is 2. The van der Waals surface area contributed by atoms with Crippen LogP contribution < -0.4 is 11.3 Å². The van der Waals surface area contributed by atoms with Crippen LogP contribution >= 0.6 is 0 Å². The molecule has 2 aliphatic rings. The highest BCUT2D eigenvalue weighted by Crippen LogP contribution is 2.39. The number of hydrogen-bond acceptors (Lipinski definition) is 7. The van der Waals surface area contributed by atoms with E-state index < -0.39 is 12.1 Å². The van der Waals surface area contributed by atoms with E-state index in [1.54, 1.807) is 10.6 Å². The summed E-state index contributed by atoms with van der Waals surface area (Å²) >= 11 is 0. The Bertz CT molecular complexity index is 1840. The summed E-state index contributed by atoms with van der Waals surface area (Å²) in [5.74, 6) is -0.747. The molecule has 5 heterocycles. The zero-order chi connectivity index (χ0) is 26.7. The summed E-state index contributed by atoms with van der Waals surface area (Å²) < 4.78 is 6.64. The molecule has 8 heteroatoms. The molecule has 1 atom stereocenters. The van der Waals surface area contributed by atoms with E-state index in [4.69, 9.17) is 20.4 Å². The van der Waals surface area contributed by atoms with Crippen molar-refractivity contribution < 1.29 is 14.6 Å². The molecule has 0 bridgehead atoms. The Morgan fingerprint density at radius 3 is 2.50 bits per heavy atom. The van der Waals surface area contributed by atoms with Crippen molar-refractivity contribution in [1.82, 2.24) is 14.5 Å². The van der Waals surface area contributed by atoms with E-state index in [1.807, 2.05) is 63.4 Å². The number of aromatic nitrogens is 3. The number of aliphatic hydroxyl groups excluding tert-OH is 1. The Hall–Kier alpha value is -4.56. The summed E-state index contributed by atoms with van der Waals surface area (Å²) in [5.41, 5.74) is 13.8. The molecule has 3 aromatic heterocycles. The summed E-state index contributed by atoms with van der Waals surface area (Å²) in [5, 5.41) is 12.3. The van der Waals surface area contributed by atoms with Crippen LogP contribution in [0.4, 0.5) is 5.69 Å². The SMILES string of the molecule is CC.Cc1c2c(nc3ccc4ncc(-c5ccc(N)cc5)cc4c13)-c1cc3c(c(=O)n1C2)COC(=O)C3O. The third-order valence-electron chi connectivity index (χ3n) is 7.30. The van der Waals surface area contributed by atoms with E-state index in [2.05, 4.69) is 6.07 Å². The van der Waals surface area contributed by atoms with Gasteiger partial charge in [0.15, 0.2) is 6.10 Å². The molecular weight excluding hydrogens is 480 g/mol. The number of nitrogens with zero attached hydrogens (tertiary/aromatic N) is 3. The van der Waals surface area contributed by atoms with Crippen LogP contribution in [0.2, 0.25) is 0 Å². The van der Waals surface area contributed by atoms with Crippen molar-refractivity contribution >= 4 is 33.5 Å². The molecule has 7 rings (SSSR count). The maximum Gasteiger partial charge on any atom is 0.340 e. The number of aliphatic hydroxyl groups is 1. The van der Waals surface area contributed by atoms with Crippen LogP contribution in [0.15, 0.2) is 59.5 Å². The fraction of sp³-hybridized carbons (Fsp3) is 0.200. The van der Waals surface area contributed by atoms with Crippen molar-refractivity contribution in [3.63, 3.8) is 0 Å². The molecule has 8 nitrogen and oxygen atoms in total. The van der Waals surface area contributed by atoms with Crippen LogP contribution in [0, 0.1) is 6.92 Å². The second-order valence-corrected chi connectivity index (χ2v) is 9.30. The first-order chi connectivity index (χ1) is 18.4. The number of anilines is 1. The summed E-state index contributed by atoms with van der Waals surface area (Å²) in [7, 11) is 0. The molecule has 1 unspecified atom stereocenters. The molecule has 190 valence electrons. The van der Waals surface area contributed by atoms with Crippen molar-refractivity contribution in [2.24, 2.45) is 0 Å². The Balaban J connectivity index is 0.00000129. The van der Waals surface area contributed by atoms with Gasteiger partial charge in [0.25, 0.3) is 5.56 Å². The summed E-state index contributed by atoms with van der Waals surface area (Å²) in [6, 6.07) is 15.4. The molecule has 0 saturated heterocycles. The number of rotatable bonds is 1. The molecule has 38 heavy (non-hydrogen) atoms. The Morgan fingerprint density at radius 2 is 1.74 bits per heavy atom. The molecule has 0 saturated carbocycles. The fourth-order valence-electron chi connectivity index (χ4n) is 5.39. The number of nitrogens with two attached hydrogens (primary N) is 1. The molecule has 5 aromatic rings. The largest absolute Gasteiger partial charge is 0.458 e. The number of ether oxygens (including phenoxy) is 1. The van der Waals surface area contributed by atoms with Gasteiger partial charge in [-0.1, -0.05) is 26.0 Å². The first-order valence-electron chi connectivity index (χ1n) is 12.6. The van der Waals surface area contributed by atoms with Gasteiger partial charge in [-0.15, -0.1) is 0 Å². The van der Waals surface area contributed by atoms with E-state index in [-0.39, 0.29) is 12.2 Å². The lowest BCUT2D eigenvalue weighted by Gasteiger charge is -2.21. The highest BCUT2D eigenvalue weighted by Gasteiger charge is 2.34. The summed E-state index contributed by atoms with van der Waals surface area (Å²) in [6.07, 6.45) is 0.379. The van der Waals surface area contributed by atoms with E-state index in [9.17, 15) is 14.7 Å². The number of nitrogen functional groups attached to an aromatic ring is 1. The molecular formula is C30H26N4O4. The number of benzene rings is 2. The maximum atomic E-state index is 13.3. The minimum atomic E-state index is -1.47. The molecule has 0 radical (unpaired) electrons. The average Bonchev–Trinajstić information content (AvgIpc) is 3.31. The second kappa shape index (κ2) is 8.78. The first-order valence-corrected chi connectivity index (χ1v) is 12.6. The number of aryl methyl sites for hydroxylation is 1. The van der Waals surface area contributed by atoms with Crippen molar-refractivity contribution in [2.45, 2.75) is 40.0 Å². The van der Waals surface area contributed by atoms with Crippen LogP contribution in [0.5, 0.6) is 0 Å². The molecule has 2 aliphatic heterocycles. The molecule has 0 aliphatic carbocycles. The van der Waals surface area contributed by atoms with Crippen LogP contribution in [-0.4, -0.2) is 25.6 Å². The van der Waals surface area contributed by atoms with Crippen molar-refractivity contribution in [1.29, 1.82) is 0 Å². The molecule has 2 aromatic carbocycles. The highest BCUT2D eigenvalue weighted by molar-refractivity contribution is 6.09. The Kier molecular flexibility index (Phi) is 5.50. The fourth-order valence-corrected chi connectivity index (χ4v) is 5.39. The monoisotopic (exact) mass is 506 g/mol. The minimum absolute atomic E-state index is 0.140. The number of pyridine rings is 3. The lowest BCUT2D eigenvalue weighted by Crippen LogP contribution is -2.32. The maximum absolute atomic E-state index is 13.3. The van der Waals surface area contributed by atoms with Gasteiger partial charge in [-0.3, -0.25) is 9.78 Å². The predicted octanol–water partition coefficient (Wildman–Crippen LogP) is 4.65. The van der Waals surface area contributed by atoms with Crippen LogP contribution in [0.1, 0.15) is 42.2 Å². The van der Waals surface area contributed by atoms with Gasteiger partial charge < -0.3 is 20.1 Å². The average molecular weight is 507 g/mol. The van der Waals surface area contributed by atoms with Gasteiger partial charge in [-0.05, 0) is 54.4 Å². The number of fused-ring (bicyclic) bond motifs is 7. The van der Waals surface area contributed by atoms with Crippen LogP contribution in [0.3, 0.4) is 0 Å². The number of carbonyl (C=O) groups is 1. The van der Waals surface area contributed by atoms with E-state index >= 15 is 0 Å². The quantitative estimate of drug-likeness (QED) is 0.189. The van der Waals surface area contributed by atoms with Gasteiger partial charge in [0, 0.05) is 39.3 Å². The lowest BCUT2D eigenvalue weighted by atomic mass is 9.96. The first kappa shape index (κ1) is 23.8. The van der Waals surface area contributed by atoms with Crippen molar-refractivity contribution in [3.05, 3.63) is 87.3 Å². The van der Waals surface area contributed by atoms with Crippen molar-refractivity contribution in [3.8, 4) is 22.5 Å². The van der Waals surface area contributed by atoms with Gasteiger partial charge in [0.1, 0.15) is 6.61 Å². The highest BCUT2D eigenvalue weighted by atomic mass is 16.5. The smallest absolute Gasteiger partial charge is 0.340 e. The second-order valence-electron chi connectivity index (χ2n) is 9.30. The third kappa shape index (κ3) is 3.41. The minimum Gasteiger partial charge on any atom is -0.458 e. The van der Waals surface area contributed by atoms with Crippen LogP contribution in [0.25, 0.3) is 44.3 Å². The van der Waals surface area contributed by atoms with Crippen LogP contribution in [-0.2, 0) is 22.7 Å². The molecule has 3 N–H and O–H groups in total. The zero-order valence-electron chi connectivity index (χ0n) is 21.3. The van der Waals surface area contributed by atoms with Gasteiger partial charge in [-0.2, -0.15) is 0 Å². The Labute approximate surface area is 218 Å². The standard InChI is InChI=1S/C28H20N4O4.C2H6/c1-13-19-11-32-23(9-17-20(27(32)34)12-36-28(35)26(17)33)25(19)31-22-7-6-21-18(24(13)22)8-15(10-30-21)14-2-4-16(29)5-3-14;1-2/h2-10,26,33H,11-12,29H2,1H3;1-2H3. The van der Waals surface area contributed by atoms with Gasteiger partial charge in [0.05, 0.1) is 34.5 Å². The topological polar surface area (TPSA) is 120 Å². The summed E-state index contributed by atoms with van der Waals surface area (Å²) in [6.45, 7) is 6.26. The van der Waals surface area contributed by atoms with E-state index in [0.29, 0.717) is 34.7 Å². The van der Waals surface area contributed by atoms with E-state index in [0.717, 1.165) is 44.1 Å². The summed E-state index contributed by atoms with van der Waals surface area (Å²) in [4.78, 5) is 34.8. The zero-order valence-corrected chi connectivity index (χ0v) is 21.3.